The third-order valence-electron chi connectivity index (χ3n) is 4.98. The number of anilines is 2. The van der Waals surface area contributed by atoms with Crippen LogP contribution in [0, 0.1) is 6.92 Å². The van der Waals surface area contributed by atoms with Gasteiger partial charge in [0.2, 0.25) is 5.95 Å². The Morgan fingerprint density at radius 1 is 1.22 bits per heavy atom. The summed E-state index contributed by atoms with van der Waals surface area (Å²) in [5.74, 6) is 0.659. The molecule has 1 aromatic carbocycles. The van der Waals surface area contributed by atoms with Crippen molar-refractivity contribution in [2.45, 2.75) is 13.5 Å². The SMILES string of the molecule is Cc1cnc(Nc2ccnn2C)nc1-c1coc(C(=O)NCc2cccc3cn[nH]c23)n1. The smallest absolute Gasteiger partial charge is 0.307 e. The predicted octanol–water partition coefficient (Wildman–Crippen LogP) is 2.72. The normalized spacial score (nSPS) is 11.1. The number of para-hydroxylation sites is 1. The molecular weight excluding hydrogens is 410 g/mol. The predicted molar refractivity (Wildman–Crippen MR) is 116 cm³/mol. The number of rotatable bonds is 6. The van der Waals surface area contributed by atoms with Crippen molar-refractivity contribution in [1.29, 1.82) is 0 Å². The Bertz CT molecular complexity index is 1420. The van der Waals surface area contributed by atoms with Crippen LogP contribution in [0.3, 0.4) is 0 Å². The molecule has 0 aliphatic rings. The van der Waals surface area contributed by atoms with Gasteiger partial charge < -0.3 is 15.1 Å². The largest absolute Gasteiger partial charge is 0.440 e. The standard InChI is InChI=1S/C21H19N9O2/c1-12-8-23-21(27-16-6-7-25-30(16)2)28-17(12)15-11-32-20(26-15)19(31)22-9-13-4-3-5-14-10-24-29-18(13)14/h3-8,10-11H,9H2,1-2H3,(H,22,31)(H,24,29)(H,23,27,28). The number of nitrogens with one attached hydrogen (secondary N) is 3. The van der Waals surface area contributed by atoms with Gasteiger partial charge in [0.25, 0.3) is 5.89 Å². The van der Waals surface area contributed by atoms with Crippen LogP contribution in [-0.2, 0) is 13.6 Å². The van der Waals surface area contributed by atoms with Gasteiger partial charge in [0, 0.05) is 31.2 Å². The van der Waals surface area contributed by atoms with Crippen LogP contribution in [-0.4, -0.2) is 40.8 Å². The minimum absolute atomic E-state index is 0.0454. The summed E-state index contributed by atoms with van der Waals surface area (Å²) in [7, 11) is 1.81. The Morgan fingerprint density at radius 2 is 2.12 bits per heavy atom. The van der Waals surface area contributed by atoms with E-state index >= 15 is 0 Å². The molecule has 0 fully saturated rings. The zero-order valence-electron chi connectivity index (χ0n) is 17.3. The molecule has 32 heavy (non-hydrogen) atoms. The van der Waals surface area contributed by atoms with Crippen molar-refractivity contribution in [2.75, 3.05) is 5.32 Å². The molecule has 160 valence electrons. The summed E-state index contributed by atoms with van der Waals surface area (Å²) < 4.78 is 7.10. The van der Waals surface area contributed by atoms with Gasteiger partial charge in [-0.3, -0.25) is 14.6 Å². The monoisotopic (exact) mass is 429 g/mol. The first-order valence-corrected chi connectivity index (χ1v) is 9.82. The van der Waals surface area contributed by atoms with Gasteiger partial charge in [0.15, 0.2) is 0 Å². The summed E-state index contributed by atoms with van der Waals surface area (Å²) in [5, 5.41) is 18.0. The second kappa shape index (κ2) is 7.95. The summed E-state index contributed by atoms with van der Waals surface area (Å²) in [5.41, 5.74) is 3.60. The van der Waals surface area contributed by atoms with Crippen LogP contribution in [0.5, 0.6) is 0 Å². The van der Waals surface area contributed by atoms with Gasteiger partial charge in [0.1, 0.15) is 23.5 Å². The van der Waals surface area contributed by atoms with E-state index in [-0.39, 0.29) is 5.89 Å². The molecule has 0 aliphatic heterocycles. The number of hydrogen-bond acceptors (Lipinski definition) is 8. The third kappa shape index (κ3) is 3.67. The van der Waals surface area contributed by atoms with Crippen LogP contribution in [0.15, 0.2) is 53.5 Å². The van der Waals surface area contributed by atoms with Crippen molar-refractivity contribution in [3.63, 3.8) is 0 Å². The molecule has 5 aromatic rings. The summed E-state index contributed by atoms with van der Waals surface area (Å²) in [6.45, 7) is 2.17. The molecule has 4 heterocycles. The Morgan fingerprint density at radius 3 is 2.97 bits per heavy atom. The summed E-state index contributed by atoms with van der Waals surface area (Å²) >= 11 is 0. The Kier molecular flexibility index (Phi) is 4.82. The lowest BCUT2D eigenvalue weighted by Crippen LogP contribution is -2.23. The molecule has 0 radical (unpaired) electrons. The highest BCUT2D eigenvalue weighted by Crippen LogP contribution is 2.23. The fraction of sp³-hybridized carbons (Fsp3) is 0.143. The summed E-state index contributed by atoms with van der Waals surface area (Å²) in [4.78, 5) is 25.7. The summed E-state index contributed by atoms with van der Waals surface area (Å²) in [6, 6.07) is 7.59. The van der Waals surface area contributed by atoms with Crippen molar-refractivity contribution >= 4 is 28.6 Å². The van der Waals surface area contributed by atoms with E-state index in [1.165, 1.54) is 6.26 Å². The molecule has 11 nitrogen and oxygen atoms in total. The molecule has 0 aliphatic carbocycles. The van der Waals surface area contributed by atoms with Gasteiger partial charge in [-0.1, -0.05) is 18.2 Å². The van der Waals surface area contributed by atoms with E-state index in [1.54, 1.807) is 23.3 Å². The van der Waals surface area contributed by atoms with Gasteiger partial charge in [-0.2, -0.15) is 10.2 Å². The second-order valence-corrected chi connectivity index (χ2v) is 7.16. The quantitative estimate of drug-likeness (QED) is 0.374. The van der Waals surface area contributed by atoms with E-state index in [4.69, 9.17) is 4.42 Å². The number of carbonyl (C=O) groups excluding carboxylic acids is 1. The van der Waals surface area contributed by atoms with Gasteiger partial charge >= 0.3 is 5.91 Å². The lowest BCUT2D eigenvalue weighted by atomic mass is 10.1. The average Bonchev–Trinajstić information content (AvgIpc) is 3.55. The van der Waals surface area contributed by atoms with Crippen LogP contribution in [0.25, 0.3) is 22.3 Å². The first-order valence-electron chi connectivity index (χ1n) is 9.82. The van der Waals surface area contributed by atoms with Crippen molar-refractivity contribution in [3.8, 4) is 11.4 Å². The number of H-pyrrole nitrogens is 1. The van der Waals surface area contributed by atoms with Crippen LogP contribution in [0.2, 0.25) is 0 Å². The van der Waals surface area contributed by atoms with Gasteiger partial charge in [-0.25, -0.2) is 15.0 Å². The van der Waals surface area contributed by atoms with Gasteiger partial charge in [0.05, 0.1) is 17.9 Å². The highest BCUT2D eigenvalue weighted by atomic mass is 16.4. The first-order chi connectivity index (χ1) is 15.6. The molecule has 0 saturated carbocycles. The van der Waals surface area contributed by atoms with E-state index in [2.05, 4.69) is 40.9 Å². The number of aryl methyl sites for hydroxylation is 2. The maximum atomic E-state index is 12.6. The van der Waals surface area contributed by atoms with E-state index in [0.29, 0.717) is 23.9 Å². The van der Waals surface area contributed by atoms with Crippen molar-refractivity contribution < 1.29 is 9.21 Å². The molecule has 0 bridgehead atoms. The number of aromatic nitrogens is 7. The Labute approximate surface area is 181 Å². The molecule has 0 atom stereocenters. The maximum absolute atomic E-state index is 12.6. The molecule has 4 aromatic heterocycles. The number of nitrogens with zero attached hydrogens (tertiary/aromatic N) is 6. The Balaban J connectivity index is 1.33. The lowest BCUT2D eigenvalue weighted by Gasteiger charge is -2.07. The Hall–Kier alpha value is -4.54. The molecule has 11 heteroatoms. The average molecular weight is 429 g/mol. The minimum atomic E-state index is -0.423. The fourth-order valence-electron chi connectivity index (χ4n) is 3.29. The topological polar surface area (TPSA) is 139 Å². The summed E-state index contributed by atoms with van der Waals surface area (Å²) in [6.07, 6.45) is 6.50. The van der Waals surface area contributed by atoms with E-state index in [0.717, 1.165) is 27.8 Å². The van der Waals surface area contributed by atoms with E-state index < -0.39 is 5.91 Å². The van der Waals surface area contributed by atoms with Crippen molar-refractivity contribution in [2.24, 2.45) is 7.05 Å². The molecule has 1 amide bonds. The first kappa shape index (κ1) is 19.4. The maximum Gasteiger partial charge on any atom is 0.307 e. The molecule has 5 rings (SSSR count). The number of aromatic amines is 1. The van der Waals surface area contributed by atoms with E-state index in [9.17, 15) is 4.79 Å². The highest BCUT2D eigenvalue weighted by molar-refractivity contribution is 5.90. The highest BCUT2D eigenvalue weighted by Gasteiger charge is 2.17. The number of amides is 1. The zero-order chi connectivity index (χ0) is 22.1. The lowest BCUT2D eigenvalue weighted by molar-refractivity contribution is 0.0916. The van der Waals surface area contributed by atoms with Crippen LogP contribution in [0.4, 0.5) is 11.8 Å². The molecule has 0 spiro atoms. The van der Waals surface area contributed by atoms with Crippen LogP contribution < -0.4 is 10.6 Å². The molecule has 0 saturated heterocycles. The molecule has 3 N–H and O–H groups in total. The molecular formula is C21H19N9O2. The number of benzene rings is 1. The number of oxazole rings is 1. The van der Waals surface area contributed by atoms with Crippen LogP contribution >= 0.6 is 0 Å². The zero-order valence-corrected chi connectivity index (χ0v) is 17.3. The van der Waals surface area contributed by atoms with Gasteiger partial charge in [-0.15, -0.1) is 0 Å². The van der Waals surface area contributed by atoms with Crippen LogP contribution in [0.1, 0.15) is 21.8 Å². The van der Waals surface area contributed by atoms with E-state index in [1.807, 2.05) is 38.2 Å². The van der Waals surface area contributed by atoms with Gasteiger partial charge in [-0.05, 0) is 18.1 Å². The van der Waals surface area contributed by atoms with Crippen molar-refractivity contribution in [1.82, 2.24) is 40.2 Å². The fourth-order valence-corrected chi connectivity index (χ4v) is 3.29. The minimum Gasteiger partial charge on any atom is -0.440 e. The number of fused-ring (bicyclic) bond motifs is 1. The number of hydrogen-bond donors (Lipinski definition) is 3. The second-order valence-electron chi connectivity index (χ2n) is 7.16. The molecule has 0 unspecified atom stereocenters. The third-order valence-corrected chi connectivity index (χ3v) is 4.98. The number of carbonyl (C=O) groups is 1. The van der Waals surface area contributed by atoms with Crippen molar-refractivity contribution in [3.05, 3.63) is 66.1 Å².